The second kappa shape index (κ2) is 5.40. The molecule has 0 aliphatic carbocycles. The number of thiophene rings is 1. The van der Waals surface area contributed by atoms with Gasteiger partial charge in [-0.1, -0.05) is 0 Å². The largest absolute Gasteiger partial charge is 0.293 e. The molecule has 0 radical (unpaired) electrons. The summed E-state index contributed by atoms with van der Waals surface area (Å²) in [7, 11) is 1.71. The van der Waals surface area contributed by atoms with Crippen molar-refractivity contribution in [3.63, 3.8) is 0 Å². The maximum atomic E-state index is 12.7. The van der Waals surface area contributed by atoms with Crippen LogP contribution in [0.4, 0.5) is 4.39 Å². The van der Waals surface area contributed by atoms with E-state index in [9.17, 15) is 9.18 Å². The van der Waals surface area contributed by atoms with Crippen LogP contribution in [0.5, 0.6) is 0 Å². The van der Waals surface area contributed by atoms with Gasteiger partial charge < -0.3 is 0 Å². The van der Waals surface area contributed by atoms with Crippen molar-refractivity contribution >= 4 is 39.4 Å². The Bertz CT molecular complexity index is 607. The van der Waals surface area contributed by atoms with E-state index in [2.05, 4.69) is 31.6 Å². The summed E-state index contributed by atoms with van der Waals surface area (Å²) in [5.41, 5.74) is 2.56. The molecule has 1 amide bonds. The number of carbonyl (C=O) groups is 1. The maximum absolute atomic E-state index is 12.7. The molecule has 0 unspecified atom stereocenters. The molecule has 0 saturated carbocycles. The normalized spacial score (nSPS) is 11.1. The van der Waals surface area contributed by atoms with Gasteiger partial charge in [-0.15, -0.1) is 11.3 Å². The van der Waals surface area contributed by atoms with Crippen LogP contribution < -0.4 is 5.43 Å². The molecule has 94 valence electrons. The van der Waals surface area contributed by atoms with Gasteiger partial charge in [0.2, 0.25) is 0 Å². The lowest BCUT2D eigenvalue weighted by molar-refractivity contribution is 0.0948. The van der Waals surface area contributed by atoms with Crippen LogP contribution in [0.2, 0.25) is 0 Å². The highest BCUT2D eigenvalue weighted by atomic mass is 79.9. The first-order chi connectivity index (χ1) is 8.56. The Morgan fingerprint density at radius 2 is 2.44 bits per heavy atom. The third-order valence-corrected chi connectivity index (χ3v) is 3.34. The van der Waals surface area contributed by atoms with Gasteiger partial charge in [0.05, 0.1) is 15.6 Å². The number of aryl methyl sites for hydroxylation is 1. The highest BCUT2D eigenvalue weighted by Crippen LogP contribution is 2.14. The van der Waals surface area contributed by atoms with Gasteiger partial charge in [0, 0.05) is 13.2 Å². The van der Waals surface area contributed by atoms with Crippen LogP contribution in [-0.4, -0.2) is 21.9 Å². The SMILES string of the molecule is Cn1cc(Br)c(C(=O)N/N=C/c2ccc(F)s2)n1. The number of hydrazone groups is 1. The van der Waals surface area contributed by atoms with E-state index in [4.69, 9.17) is 0 Å². The van der Waals surface area contributed by atoms with Crippen molar-refractivity contribution < 1.29 is 9.18 Å². The predicted molar refractivity (Wildman–Crippen MR) is 70.2 cm³/mol. The van der Waals surface area contributed by atoms with Gasteiger partial charge >= 0.3 is 0 Å². The Kier molecular flexibility index (Phi) is 3.87. The summed E-state index contributed by atoms with van der Waals surface area (Å²) >= 11 is 4.16. The molecule has 0 aromatic carbocycles. The van der Waals surface area contributed by atoms with Crippen LogP contribution in [0.25, 0.3) is 0 Å². The monoisotopic (exact) mass is 330 g/mol. The van der Waals surface area contributed by atoms with Crippen molar-refractivity contribution in [3.8, 4) is 0 Å². The van der Waals surface area contributed by atoms with Crippen LogP contribution in [0, 0.1) is 5.13 Å². The van der Waals surface area contributed by atoms with E-state index < -0.39 is 5.91 Å². The molecule has 0 saturated heterocycles. The second-order valence-corrected chi connectivity index (χ2v) is 5.26. The van der Waals surface area contributed by atoms with Gasteiger partial charge in [-0.2, -0.15) is 14.6 Å². The average molecular weight is 331 g/mol. The molecule has 2 rings (SSSR count). The van der Waals surface area contributed by atoms with Crippen LogP contribution in [0.1, 0.15) is 15.4 Å². The fraction of sp³-hybridized carbons (Fsp3) is 0.100. The molecule has 0 aliphatic heterocycles. The summed E-state index contributed by atoms with van der Waals surface area (Å²) in [5.74, 6) is -0.434. The fourth-order valence-electron chi connectivity index (χ4n) is 1.22. The van der Waals surface area contributed by atoms with Crippen LogP contribution >= 0.6 is 27.3 Å². The number of aromatic nitrogens is 2. The highest BCUT2D eigenvalue weighted by molar-refractivity contribution is 9.10. The van der Waals surface area contributed by atoms with E-state index in [1.807, 2.05) is 0 Å². The predicted octanol–water partition coefficient (Wildman–Crippen LogP) is 2.15. The molecule has 0 atom stereocenters. The standard InChI is InChI=1S/C10H8BrFN4OS/c1-16-5-7(11)9(15-16)10(17)14-13-4-6-2-3-8(12)18-6/h2-5H,1H3,(H,14,17)/b13-4+. The third kappa shape index (κ3) is 3.02. The molecule has 18 heavy (non-hydrogen) atoms. The molecule has 0 spiro atoms. The topological polar surface area (TPSA) is 59.3 Å². The van der Waals surface area contributed by atoms with Crippen molar-refractivity contribution in [2.24, 2.45) is 12.1 Å². The summed E-state index contributed by atoms with van der Waals surface area (Å²) in [6.07, 6.45) is 3.04. The summed E-state index contributed by atoms with van der Waals surface area (Å²) < 4.78 is 14.8. The smallest absolute Gasteiger partial charge is 0.274 e. The quantitative estimate of drug-likeness (QED) is 0.692. The molecular formula is C10H8BrFN4OS. The first-order valence-corrected chi connectivity index (χ1v) is 6.45. The summed E-state index contributed by atoms with van der Waals surface area (Å²) in [6.45, 7) is 0. The van der Waals surface area contributed by atoms with Crippen molar-refractivity contribution in [1.82, 2.24) is 15.2 Å². The Morgan fingerprint density at radius 3 is 3.00 bits per heavy atom. The number of carbonyl (C=O) groups excluding carboxylic acids is 1. The van der Waals surface area contributed by atoms with E-state index in [1.165, 1.54) is 17.0 Å². The van der Waals surface area contributed by atoms with E-state index >= 15 is 0 Å². The zero-order valence-corrected chi connectivity index (χ0v) is 11.6. The number of amides is 1. The number of halogens is 2. The van der Waals surface area contributed by atoms with Crippen LogP contribution in [-0.2, 0) is 7.05 Å². The van der Waals surface area contributed by atoms with Crippen LogP contribution in [0.15, 0.2) is 27.9 Å². The Balaban J connectivity index is 2.00. The van der Waals surface area contributed by atoms with E-state index in [-0.39, 0.29) is 10.8 Å². The van der Waals surface area contributed by atoms with Gasteiger partial charge in [0.15, 0.2) is 10.8 Å². The molecule has 0 bridgehead atoms. The minimum Gasteiger partial charge on any atom is -0.274 e. The summed E-state index contributed by atoms with van der Waals surface area (Å²) in [6, 6.07) is 2.91. The molecule has 2 aromatic heterocycles. The number of nitrogens with one attached hydrogen (secondary N) is 1. The average Bonchev–Trinajstić information content (AvgIpc) is 2.85. The molecule has 0 aliphatic rings. The minimum absolute atomic E-state index is 0.243. The Hall–Kier alpha value is -1.54. The number of rotatable bonds is 3. The lowest BCUT2D eigenvalue weighted by Crippen LogP contribution is -2.18. The Morgan fingerprint density at radius 1 is 1.67 bits per heavy atom. The number of nitrogens with zero attached hydrogens (tertiary/aromatic N) is 3. The maximum Gasteiger partial charge on any atom is 0.293 e. The lowest BCUT2D eigenvalue weighted by Gasteiger charge is -1.95. The lowest BCUT2D eigenvalue weighted by atomic mass is 10.4. The van der Waals surface area contributed by atoms with E-state index in [0.717, 1.165) is 11.3 Å². The van der Waals surface area contributed by atoms with Crippen LogP contribution in [0.3, 0.4) is 0 Å². The van der Waals surface area contributed by atoms with Crippen molar-refractivity contribution in [1.29, 1.82) is 0 Å². The van der Waals surface area contributed by atoms with Gasteiger partial charge in [-0.25, -0.2) is 5.43 Å². The first kappa shape index (κ1) is 12.9. The second-order valence-electron chi connectivity index (χ2n) is 3.34. The molecular weight excluding hydrogens is 323 g/mol. The van der Waals surface area contributed by atoms with E-state index in [0.29, 0.717) is 9.35 Å². The van der Waals surface area contributed by atoms with Crippen molar-refractivity contribution in [3.05, 3.63) is 38.5 Å². The molecule has 0 fully saturated rings. The molecule has 2 aromatic rings. The Labute approximate surface area is 114 Å². The zero-order chi connectivity index (χ0) is 13.1. The first-order valence-electron chi connectivity index (χ1n) is 4.84. The van der Waals surface area contributed by atoms with Gasteiger partial charge in [-0.05, 0) is 28.1 Å². The van der Waals surface area contributed by atoms with E-state index in [1.54, 1.807) is 19.3 Å². The zero-order valence-electron chi connectivity index (χ0n) is 9.22. The minimum atomic E-state index is -0.434. The molecule has 8 heteroatoms. The van der Waals surface area contributed by atoms with Crippen molar-refractivity contribution in [2.75, 3.05) is 0 Å². The summed E-state index contributed by atoms with van der Waals surface area (Å²) in [5, 5.41) is 7.40. The van der Waals surface area contributed by atoms with Crippen molar-refractivity contribution in [2.45, 2.75) is 0 Å². The van der Waals surface area contributed by atoms with Gasteiger partial charge in [-0.3, -0.25) is 9.48 Å². The van der Waals surface area contributed by atoms with Gasteiger partial charge in [0.1, 0.15) is 0 Å². The fourth-order valence-corrected chi connectivity index (χ4v) is 2.38. The molecule has 1 N–H and O–H groups in total. The number of hydrogen-bond acceptors (Lipinski definition) is 4. The molecule has 2 heterocycles. The highest BCUT2D eigenvalue weighted by Gasteiger charge is 2.13. The third-order valence-electron chi connectivity index (χ3n) is 1.95. The summed E-state index contributed by atoms with van der Waals surface area (Å²) in [4.78, 5) is 12.3. The number of hydrogen-bond donors (Lipinski definition) is 1. The molecule has 5 nitrogen and oxygen atoms in total. The van der Waals surface area contributed by atoms with Gasteiger partial charge in [0.25, 0.3) is 5.91 Å².